The van der Waals surface area contributed by atoms with Gasteiger partial charge in [-0.3, -0.25) is 4.99 Å². The van der Waals surface area contributed by atoms with Crippen molar-refractivity contribution in [2.75, 3.05) is 19.7 Å². The highest BCUT2D eigenvalue weighted by atomic mass is 16.5. The number of hydrogen-bond donors (Lipinski definition) is 1. The highest BCUT2D eigenvalue weighted by Crippen LogP contribution is 2.01. The Morgan fingerprint density at radius 3 is 3.08 bits per heavy atom. The van der Waals surface area contributed by atoms with Crippen LogP contribution >= 0.6 is 0 Å². The molecule has 1 aliphatic heterocycles. The fraction of sp³-hybridized carbons (Fsp3) is 0.889. The number of rotatable bonds is 4. The fourth-order valence-electron chi connectivity index (χ4n) is 1.29. The Morgan fingerprint density at radius 2 is 2.50 bits per heavy atom. The Bertz CT molecular complexity index is 157. The summed E-state index contributed by atoms with van der Waals surface area (Å²) in [4.78, 5) is 4.32. The minimum Gasteiger partial charge on any atom is -0.377 e. The Kier molecular flexibility index (Phi) is 4.08. The monoisotopic (exact) mass is 170 g/mol. The smallest absolute Gasteiger partial charge is 0.0964 e. The third-order valence-corrected chi connectivity index (χ3v) is 1.92. The van der Waals surface area contributed by atoms with Gasteiger partial charge >= 0.3 is 0 Å². The highest BCUT2D eigenvalue weighted by Gasteiger charge is 2.06. The number of ether oxygens (including phenoxy) is 1. The van der Waals surface area contributed by atoms with Gasteiger partial charge in [0.15, 0.2) is 0 Å². The number of hydrogen-bond acceptors (Lipinski definition) is 3. The van der Waals surface area contributed by atoms with Gasteiger partial charge in [-0.1, -0.05) is 0 Å². The first-order chi connectivity index (χ1) is 5.83. The quantitative estimate of drug-likeness (QED) is 0.687. The van der Waals surface area contributed by atoms with Gasteiger partial charge in [-0.25, -0.2) is 0 Å². The van der Waals surface area contributed by atoms with Gasteiger partial charge in [0, 0.05) is 26.1 Å². The van der Waals surface area contributed by atoms with Crippen LogP contribution in [0.2, 0.25) is 0 Å². The van der Waals surface area contributed by atoms with Crippen molar-refractivity contribution in [2.24, 2.45) is 4.99 Å². The molecule has 1 heterocycles. The lowest BCUT2D eigenvalue weighted by molar-refractivity contribution is 0.0794. The normalized spacial score (nSPS) is 19.0. The maximum absolute atomic E-state index is 5.38. The summed E-state index contributed by atoms with van der Waals surface area (Å²) in [7, 11) is 0. The molecule has 70 valence electrons. The summed E-state index contributed by atoms with van der Waals surface area (Å²) >= 11 is 0. The van der Waals surface area contributed by atoms with Crippen LogP contribution in [-0.4, -0.2) is 31.6 Å². The molecule has 0 fully saturated rings. The second kappa shape index (κ2) is 5.14. The second-order valence-electron chi connectivity index (χ2n) is 3.08. The second-order valence-corrected chi connectivity index (χ2v) is 3.08. The maximum atomic E-state index is 5.38. The molecule has 0 aromatic heterocycles. The lowest BCUT2D eigenvalue weighted by atomic mass is 10.3. The van der Waals surface area contributed by atoms with Gasteiger partial charge in [-0.15, -0.1) is 0 Å². The van der Waals surface area contributed by atoms with E-state index >= 15 is 0 Å². The van der Waals surface area contributed by atoms with E-state index in [2.05, 4.69) is 17.2 Å². The molecule has 0 saturated heterocycles. The molecule has 0 amide bonds. The van der Waals surface area contributed by atoms with Crippen LogP contribution in [-0.2, 0) is 4.74 Å². The summed E-state index contributed by atoms with van der Waals surface area (Å²) in [5, 5.41) is 3.29. The zero-order valence-electron chi connectivity index (χ0n) is 7.97. The van der Waals surface area contributed by atoms with Crippen LogP contribution in [0.1, 0.15) is 26.7 Å². The van der Waals surface area contributed by atoms with E-state index in [1.807, 2.05) is 6.92 Å². The topological polar surface area (TPSA) is 33.6 Å². The Balaban J connectivity index is 2.07. The lowest BCUT2D eigenvalue weighted by Gasteiger charge is -2.12. The van der Waals surface area contributed by atoms with E-state index in [0.717, 1.165) is 32.0 Å². The van der Waals surface area contributed by atoms with E-state index in [4.69, 9.17) is 4.74 Å². The van der Waals surface area contributed by atoms with Crippen LogP contribution in [0.15, 0.2) is 4.99 Å². The number of aliphatic imine (C=N–C) groups is 1. The van der Waals surface area contributed by atoms with E-state index in [1.165, 1.54) is 6.42 Å². The van der Waals surface area contributed by atoms with Crippen LogP contribution < -0.4 is 5.32 Å². The number of amidine groups is 1. The van der Waals surface area contributed by atoms with Crippen molar-refractivity contribution in [3.8, 4) is 0 Å². The van der Waals surface area contributed by atoms with E-state index in [0.29, 0.717) is 6.10 Å². The first-order valence-corrected chi connectivity index (χ1v) is 4.71. The van der Waals surface area contributed by atoms with Gasteiger partial charge < -0.3 is 10.1 Å². The minimum absolute atomic E-state index is 0.290. The summed E-state index contributed by atoms with van der Waals surface area (Å²) in [6.07, 6.45) is 2.60. The summed E-state index contributed by atoms with van der Waals surface area (Å²) in [6.45, 7) is 6.75. The van der Waals surface area contributed by atoms with E-state index < -0.39 is 0 Å². The standard InChI is InChI=1S/C9H18N2O/c1-3-12-8(2)7-11-9-5-4-6-10-9/h8H,3-7H2,1-2H3,(H,10,11). The van der Waals surface area contributed by atoms with E-state index in [1.54, 1.807) is 0 Å². The van der Waals surface area contributed by atoms with Crippen LogP contribution in [0.25, 0.3) is 0 Å². The Labute approximate surface area is 74.2 Å². The molecule has 1 N–H and O–H groups in total. The first-order valence-electron chi connectivity index (χ1n) is 4.71. The van der Waals surface area contributed by atoms with Crippen LogP contribution in [0, 0.1) is 0 Å². The molecule has 0 aliphatic carbocycles. The third kappa shape index (κ3) is 3.22. The molecule has 0 aromatic rings. The molecule has 12 heavy (non-hydrogen) atoms. The molecule has 3 heteroatoms. The van der Waals surface area contributed by atoms with Gasteiger partial charge in [0.2, 0.25) is 0 Å². The molecule has 0 bridgehead atoms. The molecule has 1 unspecified atom stereocenters. The van der Waals surface area contributed by atoms with Crippen molar-refractivity contribution in [2.45, 2.75) is 32.8 Å². The minimum atomic E-state index is 0.290. The lowest BCUT2D eigenvalue weighted by Crippen LogP contribution is -2.31. The summed E-state index contributed by atoms with van der Waals surface area (Å²) in [5.74, 6) is 1.15. The van der Waals surface area contributed by atoms with Gasteiger partial charge in [-0.2, -0.15) is 0 Å². The Hall–Kier alpha value is -0.570. The molecule has 0 spiro atoms. The van der Waals surface area contributed by atoms with Crippen molar-refractivity contribution in [1.82, 2.24) is 5.32 Å². The van der Waals surface area contributed by atoms with Crippen LogP contribution in [0.3, 0.4) is 0 Å². The van der Waals surface area contributed by atoms with Crippen molar-refractivity contribution >= 4 is 5.84 Å². The van der Waals surface area contributed by atoms with Crippen LogP contribution in [0.4, 0.5) is 0 Å². The van der Waals surface area contributed by atoms with Gasteiger partial charge in [0.1, 0.15) is 0 Å². The van der Waals surface area contributed by atoms with E-state index in [-0.39, 0.29) is 0 Å². The first kappa shape index (κ1) is 9.52. The van der Waals surface area contributed by atoms with Gasteiger partial charge in [-0.05, 0) is 20.3 Å². The largest absolute Gasteiger partial charge is 0.377 e. The zero-order chi connectivity index (χ0) is 8.81. The van der Waals surface area contributed by atoms with Crippen LogP contribution in [0.5, 0.6) is 0 Å². The summed E-state index contributed by atoms with van der Waals surface area (Å²) in [6, 6.07) is 0. The Morgan fingerprint density at radius 1 is 1.67 bits per heavy atom. The number of nitrogens with zero attached hydrogens (tertiary/aromatic N) is 1. The predicted octanol–water partition coefficient (Wildman–Crippen LogP) is 1.19. The summed E-state index contributed by atoms with van der Waals surface area (Å²) < 4.78 is 5.38. The zero-order valence-corrected chi connectivity index (χ0v) is 7.97. The van der Waals surface area contributed by atoms with Crippen molar-refractivity contribution in [3.05, 3.63) is 0 Å². The molecule has 1 aliphatic rings. The van der Waals surface area contributed by atoms with Crippen molar-refractivity contribution in [3.63, 3.8) is 0 Å². The van der Waals surface area contributed by atoms with E-state index in [9.17, 15) is 0 Å². The molecule has 0 aromatic carbocycles. The predicted molar refractivity (Wildman–Crippen MR) is 50.6 cm³/mol. The fourth-order valence-corrected chi connectivity index (χ4v) is 1.29. The molecule has 0 radical (unpaired) electrons. The molecule has 0 saturated carbocycles. The number of nitrogens with one attached hydrogen (secondary N) is 1. The molecule has 1 atom stereocenters. The highest BCUT2D eigenvalue weighted by molar-refractivity contribution is 5.83. The molecular formula is C9H18N2O. The average molecular weight is 170 g/mol. The molecule has 3 nitrogen and oxygen atoms in total. The average Bonchev–Trinajstić information content (AvgIpc) is 2.53. The summed E-state index contributed by atoms with van der Waals surface area (Å²) in [5.41, 5.74) is 0. The van der Waals surface area contributed by atoms with Gasteiger partial charge in [0.05, 0.1) is 11.9 Å². The maximum Gasteiger partial charge on any atom is 0.0964 e. The molecular weight excluding hydrogens is 152 g/mol. The van der Waals surface area contributed by atoms with Crippen molar-refractivity contribution < 1.29 is 4.74 Å². The third-order valence-electron chi connectivity index (χ3n) is 1.92. The molecule has 1 rings (SSSR count). The van der Waals surface area contributed by atoms with Crippen molar-refractivity contribution in [1.29, 1.82) is 0 Å². The van der Waals surface area contributed by atoms with Gasteiger partial charge in [0.25, 0.3) is 0 Å². The SMILES string of the molecule is CCOC(C)CNC1=NCCC1.